The fraction of sp³-hybridized carbons (Fsp3) is 0.211. The maximum Gasteiger partial charge on any atom is 0.197 e. The zero-order chi connectivity index (χ0) is 16.0. The van der Waals surface area contributed by atoms with E-state index in [-0.39, 0.29) is 5.43 Å². The number of aromatic nitrogens is 1. The highest BCUT2D eigenvalue weighted by Crippen LogP contribution is 2.34. The molecule has 2 heterocycles. The monoisotopic (exact) mass is 307 g/mol. The number of rotatable bonds is 2. The number of ether oxygens (including phenoxy) is 2. The van der Waals surface area contributed by atoms with Gasteiger partial charge in [0.05, 0.1) is 24.6 Å². The number of methoxy groups -OCH3 is 1. The highest BCUT2D eigenvalue weighted by molar-refractivity contribution is 5.91. The molecule has 23 heavy (non-hydrogen) atoms. The molecule has 3 aromatic rings. The van der Waals surface area contributed by atoms with Gasteiger partial charge in [0, 0.05) is 18.2 Å². The highest BCUT2D eigenvalue weighted by atomic mass is 16.5. The van der Waals surface area contributed by atoms with E-state index >= 15 is 0 Å². The van der Waals surface area contributed by atoms with Crippen molar-refractivity contribution in [2.75, 3.05) is 13.7 Å². The Morgan fingerprint density at radius 2 is 2.00 bits per heavy atom. The van der Waals surface area contributed by atoms with E-state index in [1.807, 2.05) is 31.2 Å². The van der Waals surface area contributed by atoms with E-state index in [1.54, 1.807) is 13.3 Å². The second-order valence-corrected chi connectivity index (χ2v) is 5.79. The van der Waals surface area contributed by atoms with Gasteiger partial charge in [-0.25, -0.2) is 0 Å². The van der Waals surface area contributed by atoms with Crippen molar-refractivity contribution in [1.29, 1.82) is 0 Å². The summed E-state index contributed by atoms with van der Waals surface area (Å²) in [6.45, 7) is 2.66. The Balaban J connectivity index is 1.96. The third-order valence-corrected chi connectivity index (χ3v) is 4.41. The molecule has 0 fully saturated rings. The van der Waals surface area contributed by atoms with Gasteiger partial charge in [0.2, 0.25) is 0 Å². The van der Waals surface area contributed by atoms with Crippen LogP contribution in [0.2, 0.25) is 0 Å². The quantitative estimate of drug-likeness (QED) is 0.789. The molecule has 1 N–H and O–H groups in total. The first-order valence-corrected chi connectivity index (χ1v) is 7.64. The summed E-state index contributed by atoms with van der Waals surface area (Å²) in [7, 11) is 1.63. The lowest BCUT2D eigenvalue weighted by molar-refractivity contribution is 0.359. The SMILES string of the molecule is COc1ccc(-c2c[nH]c3c4c(cc(C)c3c2=O)CCO4)cc1. The van der Waals surface area contributed by atoms with Gasteiger partial charge in [0.15, 0.2) is 5.43 Å². The zero-order valence-corrected chi connectivity index (χ0v) is 13.1. The minimum absolute atomic E-state index is 0.0275. The summed E-state index contributed by atoms with van der Waals surface area (Å²) in [5, 5.41) is 0.707. The topological polar surface area (TPSA) is 51.3 Å². The Kier molecular flexibility index (Phi) is 3.11. The molecule has 0 saturated carbocycles. The molecule has 0 unspecified atom stereocenters. The van der Waals surface area contributed by atoms with Crippen molar-refractivity contribution in [3.05, 3.63) is 57.9 Å². The highest BCUT2D eigenvalue weighted by Gasteiger charge is 2.20. The first kappa shape index (κ1) is 13.9. The maximum atomic E-state index is 13.0. The Hall–Kier alpha value is -2.75. The van der Waals surface area contributed by atoms with Crippen LogP contribution in [-0.2, 0) is 6.42 Å². The van der Waals surface area contributed by atoms with Crippen LogP contribution in [0.5, 0.6) is 11.5 Å². The minimum Gasteiger partial charge on any atom is -0.497 e. The summed E-state index contributed by atoms with van der Waals surface area (Å²) >= 11 is 0. The van der Waals surface area contributed by atoms with Crippen molar-refractivity contribution >= 4 is 10.9 Å². The Labute approximate surface area is 133 Å². The predicted octanol–water partition coefficient (Wildman–Crippen LogP) is 3.45. The summed E-state index contributed by atoms with van der Waals surface area (Å²) in [5.74, 6) is 1.59. The Morgan fingerprint density at radius 1 is 1.22 bits per heavy atom. The molecule has 116 valence electrons. The normalized spacial score (nSPS) is 13.0. The maximum absolute atomic E-state index is 13.0. The lowest BCUT2D eigenvalue weighted by atomic mass is 9.99. The average Bonchev–Trinajstić information content (AvgIpc) is 3.03. The molecule has 1 aliphatic rings. The van der Waals surface area contributed by atoms with E-state index in [4.69, 9.17) is 9.47 Å². The van der Waals surface area contributed by atoms with Crippen LogP contribution >= 0.6 is 0 Å². The summed E-state index contributed by atoms with van der Waals surface area (Å²) in [4.78, 5) is 16.3. The van der Waals surface area contributed by atoms with Crippen molar-refractivity contribution in [3.8, 4) is 22.6 Å². The van der Waals surface area contributed by atoms with Gasteiger partial charge in [-0.15, -0.1) is 0 Å². The molecule has 0 bridgehead atoms. The summed E-state index contributed by atoms with van der Waals surface area (Å²) in [6.07, 6.45) is 2.67. The number of pyridine rings is 1. The van der Waals surface area contributed by atoms with E-state index in [1.165, 1.54) is 5.56 Å². The first-order chi connectivity index (χ1) is 11.2. The second kappa shape index (κ2) is 5.16. The van der Waals surface area contributed by atoms with Gasteiger partial charge in [0.1, 0.15) is 11.5 Å². The zero-order valence-electron chi connectivity index (χ0n) is 13.1. The molecule has 0 radical (unpaired) electrons. The average molecular weight is 307 g/mol. The molecule has 1 aromatic heterocycles. The van der Waals surface area contributed by atoms with Crippen molar-refractivity contribution in [1.82, 2.24) is 4.98 Å². The smallest absolute Gasteiger partial charge is 0.197 e. The van der Waals surface area contributed by atoms with Crippen LogP contribution in [0.3, 0.4) is 0 Å². The molecule has 0 amide bonds. The Morgan fingerprint density at radius 3 is 2.74 bits per heavy atom. The van der Waals surface area contributed by atoms with Crippen molar-refractivity contribution in [3.63, 3.8) is 0 Å². The van der Waals surface area contributed by atoms with Crippen LogP contribution in [0, 0.1) is 6.92 Å². The van der Waals surface area contributed by atoms with E-state index in [0.717, 1.165) is 34.6 Å². The molecule has 0 atom stereocenters. The number of aromatic amines is 1. The van der Waals surface area contributed by atoms with Gasteiger partial charge in [-0.1, -0.05) is 18.2 Å². The van der Waals surface area contributed by atoms with Gasteiger partial charge < -0.3 is 14.5 Å². The lowest BCUT2D eigenvalue weighted by Gasteiger charge is -2.10. The number of aryl methyl sites for hydroxylation is 1. The van der Waals surface area contributed by atoms with Crippen LogP contribution in [-0.4, -0.2) is 18.7 Å². The van der Waals surface area contributed by atoms with E-state index < -0.39 is 0 Å². The fourth-order valence-electron chi connectivity index (χ4n) is 3.24. The Bertz CT molecular complexity index is 955. The third-order valence-electron chi connectivity index (χ3n) is 4.41. The van der Waals surface area contributed by atoms with Gasteiger partial charge in [0.25, 0.3) is 0 Å². The third kappa shape index (κ3) is 2.10. The molecular weight excluding hydrogens is 290 g/mol. The van der Waals surface area contributed by atoms with Crippen molar-refractivity contribution < 1.29 is 9.47 Å². The summed E-state index contributed by atoms with van der Waals surface area (Å²) < 4.78 is 10.9. The predicted molar refractivity (Wildman–Crippen MR) is 90.5 cm³/mol. The van der Waals surface area contributed by atoms with E-state index in [2.05, 4.69) is 11.1 Å². The molecule has 0 spiro atoms. The van der Waals surface area contributed by atoms with Crippen LogP contribution in [0.1, 0.15) is 11.1 Å². The van der Waals surface area contributed by atoms with E-state index in [9.17, 15) is 4.79 Å². The van der Waals surface area contributed by atoms with Gasteiger partial charge in [-0.05, 0) is 35.7 Å². The van der Waals surface area contributed by atoms with Crippen molar-refractivity contribution in [2.45, 2.75) is 13.3 Å². The molecule has 0 aliphatic carbocycles. The molecule has 0 saturated heterocycles. The summed E-state index contributed by atoms with van der Waals surface area (Å²) in [5.41, 5.74) is 4.51. The van der Waals surface area contributed by atoms with Crippen LogP contribution in [0.15, 0.2) is 41.3 Å². The van der Waals surface area contributed by atoms with Crippen LogP contribution < -0.4 is 14.9 Å². The van der Waals surface area contributed by atoms with Gasteiger partial charge >= 0.3 is 0 Å². The fourth-order valence-corrected chi connectivity index (χ4v) is 3.24. The second-order valence-electron chi connectivity index (χ2n) is 5.79. The molecule has 4 rings (SSSR count). The minimum atomic E-state index is 0.0275. The van der Waals surface area contributed by atoms with Crippen LogP contribution in [0.25, 0.3) is 22.0 Å². The largest absolute Gasteiger partial charge is 0.497 e. The van der Waals surface area contributed by atoms with Gasteiger partial charge in [-0.2, -0.15) is 0 Å². The van der Waals surface area contributed by atoms with Crippen LogP contribution in [0.4, 0.5) is 0 Å². The van der Waals surface area contributed by atoms with Crippen molar-refractivity contribution in [2.24, 2.45) is 0 Å². The molecule has 4 nitrogen and oxygen atoms in total. The number of hydrogen-bond donors (Lipinski definition) is 1. The molecule has 1 aliphatic heterocycles. The standard InChI is InChI=1S/C19H17NO3/c1-11-9-13-7-8-23-19(13)17-16(11)18(21)15(10-20-17)12-3-5-14(22-2)6-4-12/h3-6,9-10H,7-8H2,1-2H3,(H,20,21). The van der Waals surface area contributed by atoms with E-state index in [0.29, 0.717) is 17.6 Å². The number of fused-ring (bicyclic) bond motifs is 3. The number of nitrogens with one attached hydrogen (secondary N) is 1. The molecule has 4 heteroatoms. The number of benzene rings is 2. The van der Waals surface area contributed by atoms with Gasteiger partial charge in [-0.3, -0.25) is 4.79 Å². The number of H-pyrrole nitrogens is 1. The first-order valence-electron chi connectivity index (χ1n) is 7.64. The molecule has 2 aromatic carbocycles. The lowest BCUT2D eigenvalue weighted by Crippen LogP contribution is -2.08. The molecular formula is C19H17NO3. The summed E-state index contributed by atoms with van der Waals surface area (Å²) in [6, 6.07) is 9.58. The number of hydrogen-bond acceptors (Lipinski definition) is 3.